The summed E-state index contributed by atoms with van der Waals surface area (Å²) in [7, 11) is 0. The van der Waals surface area contributed by atoms with Crippen molar-refractivity contribution in [2.75, 3.05) is 13.2 Å². The molecule has 2 rings (SSSR count). The molecular weight excluding hydrogens is 471 g/mol. The normalized spacial score (nSPS) is 12.4. The molecule has 34 heavy (non-hydrogen) atoms. The SMILES string of the molecule is CCC(C(=O)NCC(C)C)N(Cc1c(Cl)cccc1Cl)C(=O)COc1ccccc1C(C)(C)C. The molecule has 0 bridgehead atoms. The van der Waals surface area contributed by atoms with E-state index >= 15 is 0 Å². The molecule has 1 N–H and O–H groups in total. The lowest BCUT2D eigenvalue weighted by atomic mass is 9.86. The number of hydrogen-bond acceptors (Lipinski definition) is 3. The Hall–Kier alpha value is -2.24. The number of carbonyl (C=O) groups is 2. The Bertz CT molecular complexity index is 966. The van der Waals surface area contributed by atoms with Gasteiger partial charge in [-0.1, -0.05) is 89.0 Å². The van der Waals surface area contributed by atoms with Crippen LogP contribution in [-0.4, -0.2) is 35.9 Å². The number of amides is 2. The van der Waals surface area contributed by atoms with E-state index in [1.165, 1.54) is 4.90 Å². The molecule has 1 atom stereocenters. The summed E-state index contributed by atoms with van der Waals surface area (Å²) >= 11 is 12.8. The van der Waals surface area contributed by atoms with Crippen molar-refractivity contribution in [1.29, 1.82) is 0 Å². The number of ether oxygens (including phenoxy) is 1. The fraction of sp³-hybridized carbons (Fsp3) is 0.481. The Balaban J connectivity index is 2.33. The number of rotatable bonds is 10. The van der Waals surface area contributed by atoms with Crippen molar-refractivity contribution in [2.45, 2.75) is 66.0 Å². The smallest absolute Gasteiger partial charge is 0.261 e. The van der Waals surface area contributed by atoms with Gasteiger partial charge < -0.3 is 15.0 Å². The molecular formula is C27H36Cl2N2O3. The number of para-hydroxylation sites is 1. The van der Waals surface area contributed by atoms with Crippen molar-refractivity contribution in [3.8, 4) is 5.75 Å². The van der Waals surface area contributed by atoms with E-state index in [0.29, 0.717) is 40.2 Å². The molecule has 0 radical (unpaired) electrons. The lowest BCUT2D eigenvalue weighted by Gasteiger charge is -2.31. The van der Waals surface area contributed by atoms with Gasteiger partial charge in [-0.05, 0) is 41.5 Å². The lowest BCUT2D eigenvalue weighted by molar-refractivity contribution is -0.143. The summed E-state index contributed by atoms with van der Waals surface area (Å²) in [5.41, 5.74) is 1.46. The fourth-order valence-electron chi connectivity index (χ4n) is 3.63. The zero-order valence-corrected chi connectivity index (χ0v) is 22.5. The van der Waals surface area contributed by atoms with Crippen molar-refractivity contribution in [3.63, 3.8) is 0 Å². The number of nitrogens with one attached hydrogen (secondary N) is 1. The lowest BCUT2D eigenvalue weighted by Crippen LogP contribution is -2.50. The maximum atomic E-state index is 13.5. The molecule has 2 aromatic rings. The molecule has 0 fully saturated rings. The number of hydrogen-bond donors (Lipinski definition) is 1. The van der Waals surface area contributed by atoms with Gasteiger partial charge in [0, 0.05) is 28.7 Å². The molecule has 0 aliphatic carbocycles. The van der Waals surface area contributed by atoms with Crippen LogP contribution in [0.25, 0.3) is 0 Å². The van der Waals surface area contributed by atoms with E-state index < -0.39 is 6.04 Å². The minimum atomic E-state index is -0.681. The van der Waals surface area contributed by atoms with Crippen LogP contribution in [0.4, 0.5) is 0 Å². The third kappa shape index (κ3) is 7.64. The van der Waals surface area contributed by atoms with Crippen molar-refractivity contribution in [3.05, 3.63) is 63.6 Å². The number of halogens is 2. The monoisotopic (exact) mass is 506 g/mol. The van der Waals surface area contributed by atoms with Gasteiger partial charge in [-0.25, -0.2) is 0 Å². The standard InChI is InChI=1S/C27H36Cl2N2O3/c1-7-23(26(33)30-15-18(2)3)31(16-19-21(28)12-10-13-22(19)29)25(32)17-34-24-14-9-8-11-20(24)27(4,5)6/h8-14,18,23H,7,15-17H2,1-6H3,(H,30,33). The highest BCUT2D eigenvalue weighted by Crippen LogP contribution is 2.31. The maximum absolute atomic E-state index is 13.5. The van der Waals surface area contributed by atoms with Gasteiger partial charge in [-0.2, -0.15) is 0 Å². The predicted octanol–water partition coefficient (Wildman–Crippen LogP) is 6.25. The van der Waals surface area contributed by atoms with Crippen LogP contribution in [0.15, 0.2) is 42.5 Å². The maximum Gasteiger partial charge on any atom is 0.261 e. The van der Waals surface area contributed by atoms with E-state index in [4.69, 9.17) is 27.9 Å². The van der Waals surface area contributed by atoms with Crippen LogP contribution in [0, 0.1) is 5.92 Å². The average Bonchev–Trinajstić information content (AvgIpc) is 2.77. The first kappa shape index (κ1) is 28.0. The van der Waals surface area contributed by atoms with Gasteiger partial charge >= 0.3 is 0 Å². The van der Waals surface area contributed by atoms with Gasteiger partial charge in [0.05, 0.1) is 0 Å². The molecule has 7 heteroatoms. The van der Waals surface area contributed by atoms with Crippen molar-refractivity contribution < 1.29 is 14.3 Å². The van der Waals surface area contributed by atoms with Gasteiger partial charge in [-0.15, -0.1) is 0 Å². The average molecular weight is 508 g/mol. The Morgan fingerprint density at radius 1 is 1.03 bits per heavy atom. The van der Waals surface area contributed by atoms with Crippen LogP contribution in [0.2, 0.25) is 10.0 Å². The first-order valence-electron chi connectivity index (χ1n) is 11.7. The zero-order chi connectivity index (χ0) is 25.5. The molecule has 0 aliphatic rings. The molecule has 5 nitrogen and oxygen atoms in total. The molecule has 0 saturated carbocycles. The molecule has 0 heterocycles. The van der Waals surface area contributed by atoms with E-state index in [9.17, 15) is 9.59 Å². The third-order valence-electron chi connectivity index (χ3n) is 5.51. The van der Waals surface area contributed by atoms with Crippen molar-refractivity contribution >= 4 is 35.0 Å². The Labute approximate surface area is 213 Å². The van der Waals surface area contributed by atoms with E-state index in [1.54, 1.807) is 18.2 Å². The highest BCUT2D eigenvalue weighted by atomic mass is 35.5. The number of carbonyl (C=O) groups excluding carboxylic acids is 2. The van der Waals surface area contributed by atoms with Crippen LogP contribution < -0.4 is 10.1 Å². The van der Waals surface area contributed by atoms with Crippen molar-refractivity contribution in [1.82, 2.24) is 10.2 Å². The van der Waals surface area contributed by atoms with Gasteiger partial charge in [0.1, 0.15) is 11.8 Å². The van der Waals surface area contributed by atoms with Crippen LogP contribution >= 0.6 is 23.2 Å². The second-order valence-electron chi connectivity index (χ2n) is 9.82. The minimum Gasteiger partial charge on any atom is -0.483 e. The molecule has 0 aromatic heterocycles. The fourth-order valence-corrected chi connectivity index (χ4v) is 4.15. The topological polar surface area (TPSA) is 58.6 Å². The second-order valence-corrected chi connectivity index (χ2v) is 10.6. The van der Waals surface area contributed by atoms with Crippen LogP contribution in [-0.2, 0) is 21.5 Å². The summed E-state index contributed by atoms with van der Waals surface area (Å²) in [6.07, 6.45) is 0.441. The second kappa shape index (κ2) is 12.5. The Morgan fingerprint density at radius 3 is 2.21 bits per heavy atom. The van der Waals surface area contributed by atoms with Crippen LogP contribution in [0.3, 0.4) is 0 Å². The Kier molecular flexibility index (Phi) is 10.3. The summed E-state index contributed by atoms with van der Waals surface area (Å²) in [5, 5.41) is 3.84. The van der Waals surface area contributed by atoms with Gasteiger partial charge in [-0.3, -0.25) is 9.59 Å². The summed E-state index contributed by atoms with van der Waals surface area (Å²) in [4.78, 5) is 28.0. The molecule has 2 amide bonds. The summed E-state index contributed by atoms with van der Waals surface area (Å²) in [6.45, 7) is 12.6. The third-order valence-corrected chi connectivity index (χ3v) is 6.22. The Morgan fingerprint density at radius 2 is 1.65 bits per heavy atom. The van der Waals surface area contributed by atoms with Gasteiger partial charge in [0.25, 0.3) is 5.91 Å². The molecule has 0 saturated heterocycles. The minimum absolute atomic E-state index is 0.106. The quantitative estimate of drug-likeness (QED) is 0.414. The zero-order valence-electron chi connectivity index (χ0n) is 21.0. The molecule has 0 spiro atoms. The summed E-state index contributed by atoms with van der Waals surface area (Å²) < 4.78 is 5.99. The van der Waals surface area contributed by atoms with E-state index in [-0.39, 0.29) is 30.4 Å². The summed E-state index contributed by atoms with van der Waals surface area (Å²) in [6, 6.07) is 12.2. The van der Waals surface area contributed by atoms with Crippen LogP contribution in [0.5, 0.6) is 5.75 Å². The molecule has 1 unspecified atom stereocenters. The highest BCUT2D eigenvalue weighted by Gasteiger charge is 2.30. The van der Waals surface area contributed by atoms with Gasteiger partial charge in [0.15, 0.2) is 6.61 Å². The summed E-state index contributed by atoms with van der Waals surface area (Å²) in [5.74, 6) is 0.422. The van der Waals surface area contributed by atoms with Gasteiger partial charge in [0.2, 0.25) is 5.91 Å². The van der Waals surface area contributed by atoms with Crippen molar-refractivity contribution in [2.24, 2.45) is 5.92 Å². The van der Waals surface area contributed by atoms with E-state index in [1.807, 2.05) is 45.0 Å². The van der Waals surface area contributed by atoms with E-state index in [0.717, 1.165) is 5.56 Å². The first-order chi connectivity index (χ1) is 16.0. The largest absolute Gasteiger partial charge is 0.483 e. The van der Waals surface area contributed by atoms with E-state index in [2.05, 4.69) is 26.1 Å². The first-order valence-corrected chi connectivity index (χ1v) is 12.4. The highest BCUT2D eigenvalue weighted by molar-refractivity contribution is 6.36. The number of benzene rings is 2. The molecule has 2 aromatic carbocycles. The number of nitrogens with zero attached hydrogens (tertiary/aromatic N) is 1. The predicted molar refractivity (Wildman–Crippen MR) is 140 cm³/mol. The van der Waals surface area contributed by atoms with Crippen LogP contribution in [0.1, 0.15) is 59.1 Å². The molecule has 186 valence electrons. The molecule has 0 aliphatic heterocycles.